The quantitative estimate of drug-likeness (QED) is 0.864. The Labute approximate surface area is 131 Å². The Morgan fingerprint density at radius 2 is 2.05 bits per heavy atom. The molecule has 22 heavy (non-hydrogen) atoms. The van der Waals surface area contributed by atoms with Gasteiger partial charge in [-0.05, 0) is 13.3 Å². The summed E-state index contributed by atoms with van der Waals surface area (Å²) in [6.45, 7) is 7.33. The van der Waals surface area contributed by atoms with Gasteiger partial charge in [-0.25, -0.2) is 9.97 Å². The molecule has 120 valence electrons. The maximum atomic E-state index is 10.8. The molecule has 1 aliphatic heterocycles. The molecule has 1 aromatic heterocycles. The first-order chi connectivity index (χ1) is 10.6. The van der Waals surface area contributed by atoms with Crippen LogP contribution in [0.25, 0.3) is 6.08 Å². The monoisotopic (exact) mass is 304 g/mol. The molecule has 1 saturated heterocycles. The number of allylic oxidation sites excluding steroid dienone is 1. The predicted octanol–water partition coefficient (Wildman–Crippen LogP) is 1.80. The molecule has 1 N–H and O–H groups in total. The van der Waals surface area contributed by atoms with Gasteiger partial charge in [0.05, 0.1) is 12.2 Å². The first kappa shape index (κ1) is 16.4. The smallest absolute Gasteiger partial charge is 0.317 e. The van der Waals surface area contributed by atoms with Gasteiger partial charge in [-0.1, -0.05) is 25.5 Å². The fourth-order valence-corrected chi connectivity index (χ4v) is 2.60. The maximum absolute atomic E-state index is 10.8. The van der Waals surface area contributed by atoms with Gasteiger partial charge in [0.15, 0.2) is 0 Å². The molecule has 0 saturated carbocycles. The Morgan fingerprint density at radius 3 is 2.68 bits per heavy atom. The SMILES string of the molecule is CCC/C=C\c1c(C)ncnc1N1CCN(CC(=O)O)CC1. The molecule has 0 unspecified atom stereocenters. The lowest BCUT2D eigenvalue weighted by atomic mass is 10.1. The second-order valence-corrected chi connectivity index (χ2v) is 5.54. The second kappa shape index (κ2) is 7.89. The van der Waals surface area contributed by atoms with E-state index in [0.717, 1.165) is 56.1 Å². The number of hydrogen-bond acceptors (Lipinski definition) is 5. The van der Waals surface area contributed by atoms with Crippen LogP contribution in [0, 0.1) is 6.92 Å². The number of hydrogen-bond donors (Lipinski definition) is 1. The third kappa shape index (κ3) is 4.27. The molecule has 0 radical (unpaired) electrons. The van der Waals surface area contributed by atoms with Gasteiger partial charge in [-0.15, -0.1) is 0 Å². The fourth-order valence-electron chi connectivity index (χ4n) is 2.60. The number of anilines is 1. The fraction of sp³-hybridized carbons (Fsp3) is 0.562. The molecule has 0 aromatic carbocycles. The average Bonchev–Trinajstić information content (AvgIpc) is 2.49. The molecule has 1 fully saturated rings. The molecule has 0 spiro atoms. The highest BCUT2D eigenvalue weighted by atomic mass is 16.4. The summed E-state index contributed by atoms with van der Waals surface area (Å²) in [4.78, 5) is 23.7. The lowest BCUT2D eigenvalue weighted by Gasteiger charge is -2.35. The molecule has 0 atom stereocenters. The average molecular weight is 304 g/mol. The Bertz CT molecular complexity index is 537. The summed E-state index contributed by atoms with van der Waals surface area (Å²) < 4.78 is 0. The van der Waals surface area contributed by atoms with Gasteiger partial charge in [0.25, 0.3) is 0 Å². The summed E-state index contributed by atoms with van der Waals surface area (Å²) in [6.07, 6.45) is 8.03. The molecule has 6 nitrogen and oxygen atoms in total. The number of aromatic nitrogens is 2. The van der Waals surface area contributed by atoms with Crippen molar-refractivity contribution in [3.05, 3.63) is 23.7 Å². The van der Waals surface area contributed by atoms with E-state index < -0.39 is 5.97 Å². The van der Waals surface area contributed by atoms with E-state index in [4.69, 9.17) is 5.11 Å². The number of unbranched alkanes of at least 4 members (excludes halogenated alkanes) is 1. The predicted molar refractivity (Wildman–Crippen MR) is 87.0 cm³/mol. The number of aryl methyl sites for hydroxylation is 1. The summed E-state index contributed by atoms with van der Waals surface area (Å²) in [7, 11) is 0. The zero-order chi connectivity index (χ0) is 15.9. The van der Waals surface area contributed by atoms with Crippen molar-refractivity contribution in [1.29, 1.82) is 0 Å². The highest BCUT2D eigenvalue weighted by Gasteiger charge is 2.21. The molecule has 6 heteroatoms. The Balaban J connectivity index is 2.09. The van der Waals surface area contributed by atoms with E-state index in [2.05, 4.69) is 33.9 Å². The van der Waals surface area contributed by atoms with Crippen LogP contribution >= 0.6 is 0 Å². The van der Waals surface area contributed by atoms with E-state index in [9.17, 15) is 4.79 Å². The van der Waals surface area contributed by atoms with Crippen molar-refractivity contribution in [2.45, 2.75) is 26.7 Å². The lowest BCUT2D eigenvalue weighted by Crippen LogP contribution is -2.48. The first-order valence-corrected chi connectivity index (χ1v) is 7.79. The number of carboxylic acid groups (broad SMARTS) is 1. The van der Waals surface area contributed by atoms with Gasteiger partial charge in [0.1, 0.15) is 12.1 Å². The van der Waals surface area contributed by atoms with Crippen LogP contribution in [0.2, 0.25) is 0 Å². The topological polar surface area (TPSA) is 69.6 Å². The van der Waals surface area contributed by atoms with E-state index in [1.54, 1.807) is 6.33 Å². The van der Waals surface area contributed by atoms with Crippen LogP contribution in [-0.4, -0.2) is 58.7 Å². The summed E-state index contributed by atoms with van der Waals surface area (Å²) >= 11 is 0. The van der Waals surface area contributed by atoms with Crippen LogP contribution in [0.1, 0.15) is 31.0 Å². The van der Waals surface area contributed by atoms with Crippen molar-refractivity contribution >= 4 is 17.9 Å². The largest absolute Gasteiger partial charge is 0.480 e. The van der Waals surface area contributed by atoms with Crippen molar-refractivity contribution in [2.24, 2.45) is 0 Å². The van der Waals surface area contributed by atoms with Crippen molar-refractivity contribution in [3.8, 4) is 0 Å². The summed E-state index contributed by atoms with van der Waals surface area (Å²) in [5.74, 6) is 0.185. The van der Waals surface area contributed by atoms with E-state index in [1.807, 2.05) is 11.8 Å². The van der Waals surface area contributed by atoms with E-state index in [1.165, 1.54) is 0 Å². The van der Waals surface area contributed by atoms with Crippen molar-refractivity contribution in [3.63, 3.8) is 0 Å². The number of carboxylic acids is 1. The molecular weight excluding hydrogens is 280 g/mol. The second-order valence-electron chi connectivity index (χ2n) is 5.54. The van der Waals surface area contributed by atoms with Gasteiger partial charge in [-0.3, -0.25) is 9.69 Å². The van der Waals surface area contributed by atoms with E-state index in [-0.39, 0.29) is 6.54 Å². The third-order valence-electron chi connectivity index (χ3n) is 3.83. The van der Waals surface area contributed by atoms with Gasteiger partial charge in [0.2, 0.25) is 0 Å². The molecule has 1 aliphatic rings. The van der Waals surface area contributed by atoms with Crippen LogP contribution in [0.15, 0.2) is 12.4 Å². The number of nitrogens with zero attached hydrogens (tertiary/aromatic N) is 4. The van der Waals surface area contributed by atoms with E-state index >= 15 is 0 Å². The first-order valence-electron chi connectivity index (χ1n) is 7.79. The summed E-state index contributed by atoms with van der Waals surface area (Å²) in [5, 5.41) is 8.86. The van der Waals surface area contributed by atoms with E-state index in [0.29, 0.717) is 0 Å². The van der Waals surface area contributed by atoms with Gasteiger partial charge < -0.3 is 10.0 Å². The van der Waals surface area contributed by atoms with Crippen molar-refractivity contribution < 1.29 is 9.90 Å². The maximum Gasteiger partial charge on any atom is 0.317 e. The molecule has 2 heterocycles. The van der Waals surface area contributed by atoms with Crippen molar-refractivity contribution in [1.82, 2.24) is 14.9 Å². The number of piperazine rings is 1. The minimum absolute atomic E-state index is 0.111. The van der Waals surface area contributed by atoms with Crippen LogP contribution in [-0.2, 0) is 4.79 Å². The van der Waals surface area contributed by atoms with Crippen LogP contribution < -0.4 is 4.90 Å². The number of rotatable bonds is 6. The number of carbonyl (C=O) groups is 1. The third-order valence-corrected chi connectivity index (χ3v) is 3.83. The zero-order valence-electron chi connectivity index (χ0n) is 13.3. The lowest BCUT2D eigenvalue weighted by molar-refractivity contribution is -0.138. The minimum Gasteiger partial charge on any atom is -0.480 e. The van der Waals surface area contributed by atoms with Crippen LogP contribution in [0.5, 0.6) is 0 Å². The van der Waals surface area contributed by atoms with Gasteiger partial charge in [-0.2, -0.15) is 0 Å². The van der Waals surface area contributed by atoms with Crippen molar-refractivity contribution in [2.75, 3.05) is 37.6 Å². The van der Waals surface area contributed by atoms with Gasteiger partial charge in [0, 0.05) is 31.7 Å². The normalized spacial score (nSPS) is 16.4. The molecule has 2 rings (SSSR count). The minimum atomic E-state index is -0.769. The van der Waals surface area contributed by atoms with Crippen LogP contribution in [0.4, 0.5) is 5.82 Å². The highest BCUT2D eigenvalue weighted by molar-refractivity contribution is 5.69. The molecular formula is C16H24N4O2. The Hall–Kier alpha value is -1.95. The highest BCUT2D eigenvalue weighted by Crippen LogP contribution is 2.22. The van der Waals surface area contributed by atoms with Gasteiger partial charge >= 0.3 is 5.97 Å². The molecule has 0 amide bonds. The summed E-state index contributed by atoms with van der Waals surface area (Å²) in [5.41, 5.74) is 2.05. The zero-order valence-corrected chi connectivity index (χ0v) is 13.3. The summed E-state index contributed by atoms with van der Waals surface area (Å²) in [6, 6.07) is 0. The number of aliphatic carboxylic acids is 1. The Morgan fingerprint density at radius 1 is 1.32 bits per heavy atom. The standard InChI is InChI=1S/C16H24N4O2/c1-3-4-5-6-14-13(2)17-12-18-16(14)20-9-7-19(8-10-20)11-15(21)22/h5-6,12H,3-4,7-11H2,1-2H3,(H,21,22)/b6-5-. The van der Waals surface area contributed by atoms with Crippen LogP contribution in [0.3, 0.4) is 0 Å². The molecule has 0 bridgehead atoms. The Kier molecular flexibility index (Phi) is 5.89. The molecule has 1 aromatic rings. The molecule has 0 aliphatic carbocycles.